The highest BCUT2D eigenvalue weighted by Crippen LogP contribution is 2.25. The maximum Gasteiger partial charge on any atom is 0.309 e. The van der Waals surface area contributed by atoms with Crippen LogP contribution in [-0.4, -0.2) is 43.8 Å². The molecule has 2 aromatic carbocycles. The lowest BCUT2D eigenvalue weighted by Crippen LogP contribution is -2.41. The Kier molecular flexibility index (Phi) is 6.89. The quantitative estimate of drug-likeness (QED) is 0.712. The van der Waals surface area contributed by atoms with Gasteiger partial charge in [-0.3, -0.25) is 9.59 Å². The molecule has 2 aromatic rings. The number of carbonyl (C=O) groups is 2. The molecule has 7 nitrogen and oxygen atoms in total. The second-order valence-electron chi connectivity index (χ2n) is 7.37. The third-order valence-corrected chi connectivity index (χ3v) is 7.15. The number of piperidine rings is 1. The van der Waals surface area contributed by atoms with Gasteiger partial charge in [-0.2, -0.15) is 4.31 Å². The van der Waals surface area contributed by atoms with Crippen molar-refractivity contribution in [3.63, 3.8) is 0 Å². The van der Waals surface area contributed by atoms with E-state index in [0.29, 0.717) is 18.5 Å². The molecular weight excluding hydrogens is 404 g/mol. The average molecular weight is 431 g/mol. The molecule has 3 rings (SSSR count). The van der Waals surface area contributed by atoms with Crippen LogP contribution in [0.25, 0.3) is 0 Å². The molecule has 1 unspecified atom stereocenters. The number of hydrogen-bond donors (Lipinski definition) is 1. The molecule has 1 heterocycles. The normalized spacial score (nSPS) is 16.6. The standard InChI is InChI=1S/C22H26N2O5S/c1-16-8-6-7-11-20(16)23-21(25)17(2)29-22(26)18-12-14-24(15-13-18)30(27,28)19-9-4-3-5-10-19/h3-11,17-18H,12-15H2,1-2H3,(H,23,25). The summed E-state index contributed by atoms with van der Waals surface area (Å²) in [7, 11) is -3.57. The van der Waals surface area contributed by atoms with Crippen LogP contribution in [0.4, 0.5) is 5.69 Å². The van der Waals surface area contributed by atoms with Gasteiger partial charge in [0.1, 0.15) is 0 Å². The molecule has 0 aliphatic carbocycles. The summed E-state index contributed by atoms with van der Waals surface area (Å²) in [6.07, 6.45) is -0.225. The van der Waals surface area contributed by atoms with E-state index in [2.05, 4.69) is 5.32 Å². The fourth-order valence-corrected chi connectivity index (χ4v) is 4.84. The predicted molar refractivity (Wildman–Crippen MR) is 113 cm³/mol. The van der Waals surface area contributed by atoms with E-state index in [-0.39, 0.29) is 18.0 Å². The number of para-hydroxylation sites is 1. The average Bonchev–Trinajstić information content (AvgIpc) is 2.76. The molecule has 0 saturated carbocycles. The fourth-order valence-electron chi connectivity index (χ4n) is 3.34. The number of sulfonamides is 1. The highest BCUT2D eigenvalue weighted by molar-refractivity contribution is 7.89. The van der Waals surface area contributed by atoms with E-state index in [4.69, 9.17) is 4.74 Å². The van der Waals surface area contributed by atoms with Gasteiger partial charge in [0.15, 0.2) is 6.10 Å². The Labute approximate surface area is 177 Å². The summed E-state index contributed by atoms with van der Waals surface area (Å²) in [6, 6.07) is 15.6. The first-order valence-corrected chi connectivity index (χ1v) is 11.3. The van der Waals surface area contributed by atoms with Crippen LogP contribution in [-0.2, 0) is 24.3 Å². The summed E-state index contributed by atoms with van der Waals surface area (Å²) in [5, 5.41) is 2.76. The molecule has 0 radical (unpaired) electrons. The number of hydrogen-bond acceptors (Lipinski definition) is 5. The Bertz CT molecular complexity index is 999. The molecule has 0 spiro atoms. The number of amides is 1. The van der Waals surface area contributed by atoms with Gasteiger partial charge in [0.25, 0.3) is 5.91 Å². The molecule has 30 heavy (non-hydrogen) atoms. The number of esters is 1. The molecule has 1 N–H and O–H groups in total. The molecule has 1 fully saturated rings. The molecule has 1 amide bonds. The van der Waals surface area contributed by atoms with Crippen molar-refractivity contribution in [1.29, 1.82) is 0 Å². The summed E-state index contributed by atoms with van der Waals surface area (Å²) in [6.45, 7) is 3.88. The van der Waals surface area contributed by atoms with Gasteiger partial charge in [-0.15, -0.1) is 0 Å². The predicted octanol–water partition coefficient (Wildman–Crippen LogP) is 2.97. The zero-order chi connectivity index (χ0) is 21.7. The second-order valence-corrected chi connectivity index (χ2v) is 9.31. The number of benzene rings is 2. The Morgan fingerprint density at radius 1 is 1.03 bits per heavy atom. The molecule has 8 heteroatoms. The Morgan fingerprint density at radius 2 is 1.63 bits per heavy atom. The van der Waals surface area contributed by atoms with E-state index in [0.717, 1.165) is 5.56 Å². The highest BCUT2D eigenvalue weighted by Gasteiger charge is 2.33. The van der Waals surface area contributed by atoms with Crippen LogP contribution < -0.4 is 5.32 Å². The third-order valence-electron chi connectivity index (χ3n) is 5.23. The molecule has 0 aromatic heterocycles. The van der Waals surface area contributed by atoms with Crippen molar-refractivity contribution in [1.82, 2.24) is 4.31 Å². The van der Waals surface area contributed by atoms with Crippen LogP contribution in [0.1, 0.15) is 25.3 Å². The topological polar surface area (TPSA) is 92.8 Å². The van der Waals surface area contributed by atoms with Gasteiger partial charge in [0.2, 0.25) is 10.0 Å². The largest absolute Gasteiger partial charge is 0.452 e. The number of rotatable bonds is 6. The Balaban J connectivity index is 1.53. The number of nitrogens with one attached hydrogen (secondary N) is 1. The van der Waals surface area contributed by atoms with E-state index in [1.807, 2.05) is 25.1 Å². The van der Waals surface area contributed by atoms with Crippen molar-refractivity contribution < 1.29 is 22.7 Å². The number of ether oxygens (including phenoxy) is 1. The van der Waals surface area contributed by atoms with E-state index < -0.39 is 33.9 Å². The van der Waals surface area contributed by atoms with Crippen LogP contribution in [0.5, 0.6) is 0 Å². The maximum absolute atomic E-state index is 12.7. The first-order valence-electron chi connectivity index (χ1n) is 9.91. The van der Waals surface area contributed by atoms with Gasteiger partial charge in [-0.25, -0.2) is 8.42 Å². The minimum absolute atomic E-state index is 0.237. The molecule has 1 aliphatic rings. The third kappa shape index (κ3) is 5.06. The summed E-state index contributed by atoms with van der Waals surface area (Å²) >= 11 is 0. The lowest BCUT2D eigenvalue weighted by Gasteiger charge is -2.30. The molecule has 160 valence electrons. The van der Waals surface area contributed by atoms with Crippen molar-refractivity contribution in [3.8, 4) is 0 Å². The van der Waals surface area contributed by atoms with E-state index in [9.17, 15) is 18.0 Å². The van der Waals surface area contributed by atoms with Crippen molar-refractivity contribution >= 4 is 27.6 Å². The van der Waals surface area contributed by atoms with Gasteiger partial charge >= 0.3 is 5.97 Å². The van der Waals surface area contributed by atoms with Crippen molar-refractivity contribution in [2.45, 2.75) is 37.7 Å². The van der Waals surface area contributed by atoms with Gasteiger partial charge in [-0.1, -0.05) is 36.4 Å². The Morgan fingerprint density at radius 3 is 2.27 bits per heavy atom. The smallest absolute Gasteiger partial charge is 0.309 e. The van der Waals surface area contributed by atoms with Crippen molar-refractivity contribution in [3.05, 3.63) is 60.2 Å². The van der Waals surface area contributed by atoms with Crippen LogP contribution >= 0.6 is 0 Å². The monoisotopic (exact) mass is 430 g/mol. The zero-order valence-corrected chi connectivity index (χ0v) is 17.9. The lowest BCUT2D eigenvalue weighted by atomic mass is 9.98. The van der Waals surface area contributed by atoms with Crippen LogP contribution in [0.3, 0.4) is 0 Å². The highest BCUT2D eigenvalue weighted by atomic mass is 32.2. The fraction of sp³-hybridized carbons (Fsp3) is 0.364. The number of anilines is 1. The second kappa shape index (κ2) is 9.40. The molecule has 1 atom stereocenters. The van der Waals surface area contributed by atoms with Crippen LogP contribution in [0.2, 0.25) is 0 Å². The summed E-state index contributed by atoms with van der Waals surface area (Å²) in [4.78, 5) is 25.1. The molecular formula is C22H26N2O5S. The first-order chi connectivity index (χ1) is 14.3. The summed E-state index contributed by atoms with van der Waals surface area (Å²) in [5.74, 6) is -1.30. The summed E-state index contributed by atoms with van der Waals surface area (Å²) < 4.78 is 32.1. The van der Waals surface area contributed by atoms with E-state index in [1.54, 1.807) is 36.4 Å². The maximum atomic E-state index is 12.7. The zero-order valence-electron chi connectivity index (χ0n) is 17.1. The number of carbonyl (C=O) groups excluding carboxylic acids is 2. The van der Waals surface area contributed by atoms with Gasteiger partial charge < -0.3 is 10.1 Å². The van der Waals surface area contributed by atoms with E-state index >= 15 is 0 Å². The SMILES string of the molecule is Cc1ccccc1NC(=O)C(C)OC(=O)C1CCN(S(=O)(=O)c2ccccc2)CC1. The van der Waals surface area contributed by atoms with Crippen LogP contribution in [0, 0.1) is 12.8 Å². The lowest BCUT2D eigenvalue weighted by molar-refractivity contribution is -0.158. The molecule has 0 bridgehead atoms. The van der Waals surface area contributed by atoms with Gasteiger partial charge in [0.05, 0.1) is 10.8 Å². The summed E-state index contributed by atoms with van der Waals surface area (Å²) in [5.41, 5.74) is 1.58. The van der Waals surface area contributed by atoms with Crippen molar-refractivity contribution in [2.24, 2.45) is 5.92 Å². The van der Waals surface area contributed by atoms with Gasteiger partial charge in [0, 0.05) is 18.8 Å². The molecule has 1 aliphatic heterocycles. The van der Waals surface area contributed by atoms with Crippen molar-refractivity contribution in [2.75, 3.05) is 18.4 Å². The number of aryl methyl sites for hydroxylation is 1. The molecule has 1 saturated heterocycles. The minimum atomic E-state index is -3.57. The van der Waals surface area contributed by atoms with E-state index in [1.165, 1.54) is 11.2 Å². The minimum Gasteiger partial charge on any atom is -0.452 e. The van der Waals surface area contributed by atoms with Crippen LogP contribution in [0.15, 0.2) is 59.5 Å². The Hall–Kier alpha value is -2.71. The number of nitrogens with zero attached hydrogens (tertiary/aromatic N) is 1. The first kappa shape index (κ1) is 22.0. The van der Waals surface area contributed by atoms with Gasteiger partial charge in [-0.05, 0) is 50.5 Å².